The van der Waals surface area contributed by atoms with Gasteiger partial charge in [0, 0.05) is 46.0 Å². The minimum atomic E-state index is -0.0390. The summed E-state index contributed by atoms with van der Waals surface area (Å²) >= 11 is 0. The van der Waals surface area contributed by atoms with Gasteiger partial charge in [0.1, 0.15) is 5.75 Å². The second-order valence-corrected chi connectivity index (χ2v) is 9.09. The molecule has 2 aromatic rings. The molecule has 2 aromatic carbocycles. The van der Waals surface area contributed by atoms with Gasteiger partial charge < -0.3 is 19.3 Å². The number of hydrogen-bond acceptors (Lipinski definition) is 4. The summed E-state index contributed by atoms with van der Waals surface area (Å²) in [7, 11) is 4.02. The van der Waals surface area contributed by atoms with E-state index in [1.807, 2.05) is 45.2 Å². The lowest BCUT2D eigenvalue weighted by atomic mass is 9.87. The largest absolute Gasteiger partial charge is 0.491 e. The van der Waals surface area contributed by atoms with Gasteiger partial charge in [-0.25, -0.2) is 4.85 Å². The average molecular weight is 436 g/mol. The molecular weight excluding hydrogens is 398 g/mol. The molecule has 0 unspecified atom stereocenters. The van der Waals surface area contributed by atoms with Gasteiger partial charge in [-0.3, -0.25) is 0 Å². The molecule has 0 radical (unpaired) electrons. The molecule has 3 rings (SSSR count). The molecule has 0 N–H and O–H groups in total. The van der Waals surface area contributed by atoms with Crippen LogP contribution in [0, 0.1) is 6.57 Å². The van der Waals surface area contributed by atoms with Crippen molar-refractivity contribution >= 4 is 11.4 Å². The molecule has 1 saturated heterocycles. The number of likely N-dealkylation sites (tertiary alicyclic amines) is 1. The van der Waals surface area contributed by atoms with E-state index in [0.717, 1.165) is 57.6 Å². The van der Waals surface area contributed by atoms with Crippen molar-refractivity contribution in [1.29, 1.82) is 0 Å². The summed E-state index contributed by atoms with van der Waals surface area (Å²) in [5.41, 5.74) is 3.17. The van der Waals surface area contributed by atoms with Crippen molar-refractivity contribution in [3.63, 3.8) is 0 Å². The molecule has 0 amide bonds. The highest BCUT2D eigenvalue weighted by Gasteiger charge is 2.34. The smallest absolute Gasteiger partial charge is 0.187 e. The first-order valence-corrected chi connectivity index (χ1v) is 11.6. The zero-order valence-electron chi connectivity index (χ0n) is 20.0. The molecule has 0 bridgehead atoms. The Morgan fingerprint density at radius 2 is 1.72 bits per heavy atom. The third kappa shape index (κ3) is 6.72. The molecule has 1 aliphatic rings. The molecule has 1 fully saturated rings. The minimum absolute atomic E-state index is 0.0390. The Hall–Kier alpha value is -2.55. The molecular formula is C27H37N3O2. The average Bonchev–Trinajstić information content (AvgIpc) is 2.82. The Morgan fingerprint density at radius 1 is 1.06 bits per heavy atom. The summed E-state index contributed by atoms with van der Waals surface area (Å²) in [5, 5.41) is 0. The van der Waals surface area contributed by atoms with Gasteiger partial charge in [-0.1, -0.05) is 24.3 Å². The van der Waals surface area contributed by atoms with Crippen LogP contribution in [0.1, 0.15) is 38.7 Å². The van der Waals surface area contributed by atoms with E-state index in [9.17, 15) is 0 Å². The van der Waals surface area contributed by atoms with Crippen LogP contribution in [0.4, 0.5) is 11.4 Å². The molecule has 1 heterocycles. The summed E-state index contributed by atoms with van der Waals surface area (Å²) < 4.78 is 11.8. The van der Waals surface area contributed by atoms with Crippen molar-refractivity contribution in [3.05, 3.63) is 65.5 Å². The topological polar surface area (TPSA) is 29.3 Å². The van der Waals surface area contributed by atoms with Gasteiger partial charge >= 0.3 is 0 Å². The van der Waals surface area contributed by atoms with Gasteiger partial charge in [-0.05, 0) is 69.4 Å². The van der Waals surface area contributed by atoms with Gasteiger partial charge in [0.2, 0.25) is 0 Å². The number of anilines is 1. The van der Waals surface area contributed by atoms with Gasteiger partial charge in [-0.15, -0.1) is 0 Å². The highest BCUT2D eigenvalue weighted by atomic mass is 16.5. The van der Waals surface area contributed by atoms with Crippen LogP contribution in [0.25, 0.3) is 4.85 Å². The first kappa shape index (κ1) is 24.1. The minimum Gasteiger partial charge on any atom is -0.491 e. The molecule has 0 atom stereocenters. The lowest BCUT2D eigenvalue weighted by Gasteiger charge is -2.42. The van der Waals surface area contributed by atoms with Crippen LogP contribution < -0.4 is 9.64 Å². The molecule has 32 heavy (non-hydrogen) atoms. The molecule has 5 heteroatoms. The maximum absolute atomic E-state index is 7.07. The van der Waals surface area contributed by atoms with Crippen molar-refractivity contribution in [1.82, 2.24) is 4.90 Å². The lowest BCUT2D eigenvalue weighted by Crippen LogP contribution is -2.47. The zero-order chi connectivity index (χ0) is 23.0. The van der Waals surface area contributed by atoms with Crippen LogP contribution >= 0.6 is 0 Å². The number of rotatable bonds is 10. The van der Waals surface area contributed by atoms with Crippen molar-refractivity contribution in [3.8, 4) is 5.75 Å². The maximum Gasteiger partial charge on any atom is 0.187 e. The normalized spacial score (nSPS) is 16.0. The summed E-state index contributed by atoms with van der Waals surface area (Å²) in [6, 6.07) is 16.3. The van der Waals surface area contributed by atoms with Crippen LogP contribution in [-0.4, -0.2) is 56.9 Å². The number of piperidine rings is 1. The number of nitrogens with zero attached hydrogens (tertiary/aromatic N) is 3. The summed E-state index contributed by atoms with van der Waals surface area (Å²) in [6.45, 7) is 15.3. The fourth-order valence-electron chi connectivity index (χ4n) is 4.32. The molecule has 5 nitrogen and oxygen atoms in total. The number of hydrogen-bond donors (Lipinski definition) is 0. The van der Waals surface area contributed by atoms with E-state index in [1.54, 1.807) is 0 Å². The highest BCUT2D eigenvalue weighted by molar-refractivity contribution is 5.48. The van der Waals surface area contributed by atoms with E-state index in [0.29, 0.717) is 5.69 Å². The molecule has 1 aliphatic heterocycles. The first-order chi connectivity index (χ1) is 15.4. The number of ether oxygens (including phenoxy) is 2. The monoisotopic (exact) mass is 435 g/mol. The van der Waals surface area contributed by atoms with Gasteiger partial charge in [0.05, 0.1) is 18.3 Å². The Morgan fingerprint density at radius 3 is 2.28 bits per heavy atom. The summed E-state index contributed by atoms with van der Waals surface area (Å²) in [4.78, 5) is 8.31. The fourth-order valence-corrected chi connectivity index (χ4v) is 4.32. The predicted octanol–water partition coefficient (Wildman–Crippen LogP) is 5.57. The standard InChI is InChI=1S/C27H37N3O2/c1-22(2)32-26-12-10-25(11-13-26)29(4)19-15-27(31-5)16-20-30(21-17-27)18-14-23-6-8-24(28-3)9-7-23/h6-13,22H,14-21H2,1-2,4-5H3. The van der Waals surface area contributed by atoms with Crippen LogP contribution in [0.5, 0.6) is 5.75 Å². The Kier molecular flexibility index (Phi) is 8.55. The molecule has 0 aromatic heterocycles. The third-order valence-electron chi connectivity index (χ3n) is 6.53. The maximum atomic E-state index is 7.07. The van der Waals surface area contributed by atoms with E-state index in [2.05, 4.69) is 46.0 Å². The van der Waals surface area contributed by atoms with Crippen LogP contribution in [0.2, 0.25) is 0 Å². The SMILES string of the molecule is [C-]#[N+]c1ccc(CCN2CCC(CCN(C)c3ccc(OC(C)C)cc3)(OC)CC2)cc1. The fraction of sp³-hybridized carbons (Fsp3) is 0.519. The molecule has 0 saturated carbocycles. The second kappa shape index (κ2) is 11.4. The van der Waals surface area contributed by atoms with E-state index < -0.39 is 0 Å². The quantitative estimate of drug-likeness (QED) is 0.456. The lowest BCUT2D eigenvalue weighted by molar-refractivity contribution is -0.0607. The van der Waals surface area contributed by atoms with E-state index in [1.165, 1.54) is 11.3 Å². The van der Waals surface area contributed by atoms with Crippen LogP contribution in [-0.2, 0) is 11.2 Å². The first-order valence-electron chi connectivity index (χ1n) is 11.6. The molecule has 0 spiro atoms. The zero-order valence-corrected chi connectivity index (χ0v) is 20.0. The Labute approximate surface area is 193 Å². The Balaban J connectivity index is 1.45. The number of methoxy groups -OCH3 is 1. The molecule has 172 valence electrons. The van der Waals surface area contributed by atoms with E-state index >= 15 is 0 Å². The van der Waals surface area contributed by atoms with Crippen molar-refractivity contribution < 1.29 is 9.47 Å². The van der Waals surface area contributed by atoms with Gasteiger partial charge in [0.25, 0.3) is 0 Å². The van der Waals surface area contributed by atoms with Crippen LogP contribution in [0.15, 0.2) is 48.5 Å². The van der Waals surface area contributed by atoms with Crippen molar-refractivity contribution in [2.24, 2.45) is 0 Å². The molecule has 0 aliphatic carbocycles. The van der Waals surface area contributed by atoms with E-state index in [-0.39, 0.29) is 11.7 Å². The van der Waals surface area contributed by atoms with E-state index in [4.69, 9.17) is 16.0 Å². The number of benzene rings is 2. The van der Waals surface area contributed by atoms with Gasteiger partial charge in [0.15, 0.2) is 5.69 Å². The second-order valence-electron chi connectivity index (χ2n) is 9.09. The van der Waals surface area contributed by atoms with Gasteiger partial charge in [-0.2, -0.15) is 0 Å². The van der Waals surface area contributed by atoms with Crippen molar-refractivity contribution in [2.75, 3.05) is 45.2 Å². The predicted molar refractivity (Wildman–Crippen MR) is 132 cm³/mol. The Bertz CT molecular complexity index is 863. The summed E-state index contributed by atoms with van der Waals surface area (Å²) in [5.74, 6) is 0.917. The summed E-state index contributed by atoms with van der Waals surface area (Å²) in [6.07, 6.45) is 4.37. The third-order valence-corrected chi connectivity index (χ3v) is 6.53. The highest BCUT2D eigenvalue weighted by Crippen LogP contribution is 2.30. The van der Waals surface area contributed by atoms with Crippen molar-refractivity contribution in [2.45, 2.75) is 51.2 Å². The van der Waals surface area contributed by atoms with Crippen LogP contribution in [0.3, 0.4) is 0 Å².